The van der Waals surface area contributed by atoms with E-state index in [1.807, 2.05) is 0 Å². The summed E-state index contributed by atoms with van der Waals surface area (Å²) < 4.78 is 68.2. The largest absolute Gasteiger partial charge is 0.472 e. The number of ether oxygens (including phenoxy) is 4. The number of aliphatic hydroxyl groups excluding tert-OH is 1. The highest BCUT2D eigenvalue weighted by Gasteiger charge is 2.30. The lowest BCUT2D eigenvalue weighted by atomic mass is 10.0. The highest BCUT2D eigenvalue weighted by molar-refractivity contribution is 7.47. The number of esters is 4. The molecule has 0 aliphatic rings. The second kappa shape index (κ2) is 60.5. The summed E-state index contributed by atoms with van der Waals surface area (Å²) in [4.78, 5) is 72.5. The third-order valence-electron chi connectivity index (χ3n) is 15.5. The Balaban J connectivity index is 5.28. The van der Waals surface area contributed by atoms with Gasteiger partial charge in [0.1, 0.15) is 19.3 Å². The zero-order valence-corrected chi connectivity index (χ0v) is 59.2. The summed E-state index contributed by atoms with van der Waals surface area (Å²) in [7, 11) is -9.91. The predicted octanol–water partition coefficient (Wildman–Crippen LogP) is 19.4. The van der Waals surface area contributed by atoms with E-state index in [2.05, 4.69) is 72.8 Å². The smallest absolute Gasteiger partial charge is 0.462 e. The van der Waals surface area contributed by atoms with Gasteiger partial charge in [0.15, 0.2) is 12.2 Å². The topological polar surface area (TPSA) is 237 Å². The molecule has 3 N–H and O–H groups in total. The van der Waals surface area contributed by atoms with Crippen molar-refractivity contribution in [2.75, 3.05) is 39.6 Å². The molecule has 0 spiro atoms. The summed E-state index contributed by atoms with van der Waals surface area (Å²) in [6, 6.07) is 0. The van der Waals surface area contributed by atoms with E-state index < -0.39 is 97.5 Å². The van der Waals surface area contributed by atoms with Crippen LogP contribution in [0.25, 0.3) is 0 Å². The Hall–Kier alpha value is -2.46. The van der Waals surface area contributed by atoms with E-state index in [-0.39, 0.29) is 25.7 Å². The molecule has 0 aliphatic carbocycles. The van der Waals surface area contributed by atoms with Crippen LogP contribution in [-0.2, 0) is 65.4 Å². The molecule has 0 aromatic rings. The Morgan fingerprint density at radius 2 is 0.607 bits per heavy atom. The van der Waals surface area contributed by atoms with E-state index in [0.29, 0.717) is 31.6 Å². The number of carbonyl (C=O) groups excluding carboxylic acids is 4. The number of rotatable bonds is 66. The summed E-state index contributed by atoms with van der Waals surface area (Å²) in [5.41, 5.74) is 0. The fourth-order valence-electron chi connectivity index (χ4n) is 10.0. The molecule has 0 aromatic heterocycles. The molecule has 0 rings (SSSR count). The minimum atomic E-state index is -4.96. The molecule has 0 heterocycles. The van der Waals surface area contributed by atoms with Crippen LogP contribution in [0.3, 0.4) is 0 Å². The molecule has 5 atom stereocenters. The van der Waals surface area contributed by atoms with Gasteiger partial charge in [-0.3, -0.25) is 37.3 Å². The van der Waals surface area contributed by atoms with Gasteiger partial charge in [0.05, 0.1) is 26.4 Å². The van der Waals surface area contributed by atoms with Gasteiger partial charge < -0.3 is 33.8 Å². The third-order valence-corrected chi connectivity index (χ3v) is 17.4. The van der Waals surface area contributed by atoms with Crippen molar-refractivity contribution in [1.29, 1.82) is 0 Å². The normalized spacial score (nSPS) is 14.4. The van der Waals surface area contributed by atoms with Crippen molar-refractivity contribution in [3.63, 3.8) is 0 Å². The molecule has 0 saturated carbocycles. The molecule has 0 aromatic carbocycles. The van der Waals surface area contributed by atoms with Gasteiger partial charge in [0.2, 0.25) is 0 Å². The van der Waals surface area contributed by atoms with E-state index in [9.17, 15) is 43.2 Å². The van der Waals surface area contributed by atoms with Gasteiger partial charge in [-0.15, -0.1) is 0 Å². The van der Waals surface area contributed by atoms with Crippen LogP contribution in [0.1, 0.15) is 325 Å². The second-order valence-corrected chi connectivity index (χ2v) is 28.9. The van der Waals surface area contributed by atoms with Crippen molar-refractivity contribution in [1.82, 2.24) is 0 Å². The first-order valence-corrected chi connectivity index (χ1v) is 38.7. The van der Waals surface area contributed by atoms with E-state index in [1.54, 1.807) is 0 Å². The maximum absolute atomic E-state index is 13.0. The fraction of sp³-hybridized carbons (Fsp3) is 0.886. The SMILES string of the molecule is CCCCCC/C=C\C=C/CCCCCCCC(=O)OC[C@H](COP(=O)(O)OC[C@@H](O)COP(=O)(O)OC[C@@H](COC(=O)CCCCCCCCC(C)C)OC(=O)CCCCCCCCCCCCC(C)C)OC(=O)CCCCCCCCCCCC(C)C. The first-order chi connectivity index (χ1) is 42.7. The number of hydrogen-bond donors (Lipinski definition) is 3. The summed E-state index contributed by atoms with van der Waals surface area (Å²) in [5, 5.41) is 10.6. The molecular weight excluding hydrogens is 1170 g/mol. The summed E-state index contributed by atoms with van der Waals surface area (Å²) in [5.74, 6) is 0.00185. The Labute approximate surface area is 542 Å². The minimum absolute atomic E-state index is 0.0979. The second-order valence-electron chi connectivity index (χ2n) is 26.0. The van der Waals surface area contributed by atoms with Crippen molar-refractivity contribution in [3.8, 4) is 0 Å². The Bertz CT molecular complexity index is 1840. The van der Waals surface area contributed by atoms with E-state index in [1.165, 1.54) is 109 Å². The maximum Gasteiger partial charge on any atom is 0.472 e. The molecule has 2 unspecified atom stereocenters. The number of unbranched alkanes of at least 4 members (excludes halogenated alkanes) is 31. The number of phosphoric acid groups is 2. The summed E-state index contributed by atoms with van der Waals surface area (Å²) in [6.07, 6.45) is 46.8. The Morgan fingerprint density at radius 1 is 0.348 bits per heavy atom. The van der Waals surface area contributed by atoms with Crippen LogP contribution < -0.4 is 0 Å². The standard InChI is InChI=1S/C70H132O17P2/c1-8-9-10-11-12-13-14-15-16-17-18-24-29-37-44-51-67(72)80-57-65(86-70(75)54-47-40-31-26-21-23-28-35-42-49-62(4)5)59-84-88(76,77)82-55-64(71)56-83-89(78,79)85-60-66(58-81-68(73)52-45-38-33-32-36-43-50-63(6)7)87-69(74)53-46-39-30-25-20-19-22-27-34-41-48-61(2)3/h13-16,61-66,71H,8-12,17-60H2,1-7H3,(H,76,77)(H,78,79)/b14-13-,16-15-/t64-,65-,66-/m1/s1. The molecule has 19 heteroatoms. The van der Waals surface area contributed by atoms with Crippen LogP contribution in [0.15, 0.2) is 24.3 Å². The molecular formula is C70H132O17P2. The van der Waals surface area contributed by atoms with E-state index in [4.69, 9.17) is 37.0 Å². The molecule has 0 saturated heterocycles. The molecule has 0 aliphatic heterocycles. The van der Waals surface area contributed by atoms with Crippen LogP contribution in [0.4, 0.5) is 0 Å². The van der Waals surface area contributed by atoms with Crippen LogP contribution >= 0.6 is 15.6 Å². The van der Waals surface area contributed by atoms with Crippen molar-refractivity contribution < 1.29 is 80.2 Å². The quantitative estimate of drug-likeness (QED) is 0.0169. The average Bonchev–Trinajstić information content (AvgIpc) is 3.70. The lowest BCUT2D eigenvalue weighted by Gasteiger charge is -2.21. The zero-order valence-electron chi connectivity index (χ0n) is 57.4. The van der Waals surface area contributed by atoms with Gasteiger partial charge in [0, 0.05) is 25.7 Å². The molecule has 89 heavy (non-hydrogen) atoms. The van der Waals surface area contributed by atoms with Crippen LogP contribution in [-0.4, -0.2) is 96.7 Å². The van der Waals surface area contributed by atoms with E-state index >= 15 is 0 Å². The number of allylic oxidation sites excluding steroid dienone is 4. The molecule has 0 radical (unpaired) electrons. The summed E-state index contributed by atoms with van der Waals surface area (Å²) in [6.45, 7) is 11.7. The van der Waals surface area contributed by atoms with Crippen LogP contribution in [0, 0.1) is 17.8 Å². The minimum Gasteiger partial charge on any atom is -0.462 e. The monoisotopic (exact) mass is 1310 g/mol. The first-order valence-electron chi connectivity index (χ1n) is 35.7. The van der Waals surface area contributed by atoms with E-state index in [0.717, 1.165) is 127 Å². The zero-order chi connectivity index (χ0) is 65.9. The lowest BCUT2D eigenvalue weighted by molar-refractivity contribution is -0.161. The molecule has 0 amide bonds. The van der Waals surface area contributed by atoms with Crippen molar-refractivity contribution in [3.05, 3.63) is 24.3 Å². The maximum atomic E-state index is 13.0. The number of phosphoric ester groups is 2. The highest BCUT2D eigenvalue weighted by atomic mass is 31.2. The summed E-state index contributed by atoms with van der Waals surface area (Å²) >= 11 is 0. The Morgan fingerprint density at radius 3 is 0.910 bits per heavy atom. The van der Waals surface area contributed by atoms with Gasteiger partial charge in [-0.05, 0) is 69.1 Å². The molecule has 0 fully saturated rings. The van der Waals surface area contributed by atoms with Crippen LogP contribution in [0.2, 0.25) is 0 Å². The van der Waals surface area contributed by atoms with Crippen molar-refractivity contribution >= 4 is 39.5 Å². The van der Waals surface area contributed by atoms with Gasteiger partial charge >= 0.3 is 39.5 Å². The Kier molecular flexibility index (Phi) is 58.8. The van der Waals surface area contributed by atoms with Crippen LogP contribution in [0.5, 0.6) is 0 Å². The number of carbonyl (C=O) groups is 4. The van der Waals surface area contributed by atoms with Crippen molar-refractivity contribution in [2.45, 2.75) is 343 Å². The first kappa shape index (κ1) is 86.5. The van der Waals surface area contributed by atoms with Gasteiger partial charge in [-0.25, -0.2) is 9.13 Å². The number of aliphatic hydroxyl groups is 1. The molecule has 17 nitrogen and oxygen atoms in total. The van der Waals surface area contributed by atoms with Gasteiger partial charge in [0.25, 0.3) is 0 Å². The fourth-order valence-corrected chi connectivity index (χ4v) is 11.6. The average molecular weight is 1310 g/mol. The van der Waals surface area contributed by atoms with Gasteiger partial charge in [-0.2, -0.15) is 0 Å². The third kappa shape index (κ3) is 64.1. The molecule has 0 bridgehead atoms. The lowest BCUT2D eigenvalue weighted by Crippen LogP contribution is -2.30. The van der Waals surface area contributed by atoms with Gasteiger partial charge in [-0.1, -0.05) is 272 Å². The predicted molar refractivity (Wildman–Crippen MR) is 358 cm³/mol. The highest BCUT2D eigenvalue weighted by Crippen LogP contribution is 2.45. The number of hydrogen-bond acceptors (Lipinski definition) is 15. The van der Waals surface area contributed by atoms with Crippen molar-refractivity contribution in [2.24, 2.45) is 17.8 Å². The molecule has 524 valence electrons.